The van der Waals surface area contributed by atoms with Gasteiger partial charge in [-0.25, -0.2) is 0 Å². The van der Waals surface area contributed by atoms with Gasteiger partial charge in [0.1, 0.15) is 6.10 Å². The number of amides is 1. The zero-order valence-corrected chi connectivity index (χ0v) is 31.2. The van der Waals surface area contributed by atoms with Gasteiger partial charge in [0.15, 0.2) is 0 Å². The van der Waals surface area contributed by atoms with E-state index < -0.39 is 12.2 Å². The van der Waals surface area contributed by atoms with Gasteiger partial charge >= 0.3 is 0 Å². The van der Waals surface area contributed by atoms with Crippen molar-refractivity contribution in [2.24, 2.45) is 5.92 Å². The van der Waals surface area contributed by atoms with E-state index in [4.69, 9.17) is 4.74 Å². The Kier molecular flexibility index (Phi) is 35.1. The lowest BCUT2D eigenvalue weighted by Gasteiger charge is -2.28. The van der Waals surface area contributed by atoms with Crippen molar-refractivity contribution >= 4 is 5.91 Å². The highest BCUT2D eigenvalue weighted by atomic mass is 16.5. The fourth-order valence-electron chi connectivity index (χ4n) is 6.20. The second kappa shape index (κ2) is 35.6. The number of ether oxygens (including phenoxy) is 1. The Bertz CT molecular complexity index is 618. The summed E-state index contributed by atoms with van der Waals surface area (Å²) in [7, 11) is 0. The van der Waals surface area contributed by atoms with Crippen LogP contribution in [0.5, 0.6) is 0 Å². The quantitative estimate of drug-likeness (QED) is 0.0580. The zero-order chi connectivity index (χ0) is 33.9. The van der Waals surface area contributed by atoms with Gasteiger partial charge in [-0.05, 0) is 25.2 Å². The number of unbranched alkanes of at least 4 members (excludes halogenated alkanes) is 24. The second-order valence-corrected chi connectivity index (χ2v) is 14.4. The fourth-order valence-corrected chi connectivity index (χ4v) is 6.20. The molecule has 0 aromatic heterocycles. The molecule has 0 aromatic rings. The first-order valence-corrected chi connectivity index (χ1v) is 20.3. The summed E-state index contributed by atoms with van der Waals surface area (Å²) < 4.78 is 5.75. The van der Waals surface area contributed by atoms with Gasteiger partial charge in [-0.15, -0.1) is 0 Å². The number of nitrogens with zero attached hydrogens (tertiary/aromatic N) is 1. The molecule has 0 spiro atoms. The Morgan fingerprint density at radius 2 is 0.978 bits per heavy atom. The predicted molar refractivity (Wildman–Crippen MR) is 196 cm³/mol. The SMILES string of the molecule is CCCCCCCCCCCCCCCCOCC(O)CN(CCC(C)CO)C(=O)C(O)CCCCCCCCCCCCCC. The molecule has 6 nitrogen and oxygen atoms in total. The van der Waals surface area contributed by atoms with Gasteiger partial charge in [-0.2, -0.15) is 0 Å². The molecular formula is C40H81NO5. The highest BCUT2D eigenvalue weighted by Gasteiger charge is 2.24. The summed E-state index contributed by atoms with van der Waals surface area (Å²) in [4.78, 5) is 14.7. The van der Waals surface area contributed by atoms with Gasteiger partial charge in [0, 0.05) is 26.3 Å². The third-order valence-electron chi connectivity index (χ3n) is 9.51. The average molecular weight is 656 g/mol. The molecule has 0 rings (SSSR count). The number of hydrogen-bond acceptors (Lipinski definition) is 5. The van der Waals surface area contributed by atoms with Gasteiger partial charge < -0.3 is 25.0 Å². The van der Waals surface area contributed by atoms with Crippen LogP contribution in [0.3, 0.4) is 0 Å². The number of carbonyl (C=O) groups excluding carboxylic acids is 1. The van der Waals surface area contributed by atoms with E-state index in [0.29, 0.717) is 26.0 Å². The van der Waals surface area contributed by atoms with Gasteiger partial charge in [0.05, 0.1) is 12.7 Å². The Morgan fingerprint density at radius 3 is 1.39 bits per heavy atom. The standard InChI is InChI=1S/C40H81NO5/c1-4-6-8-10-12-14-16-18-19-21-23-25-27-29-33-46-36-38(43)34-41(32-31-37(3)35-42)40(45)39(44)30-28-26-24-22-20-17-15-13-11-9-7-5-2/h37-39,42-44H,4-36H2,1-3H3. The zero-order valence-electron chi connectivity index (χ0n) is 31.2. The molecule has 3 N–H and O–H groups in total. The van der Waals surface area contributed by atoms with Gasteiger partial charge in [0.25, 0.3) is 5.91 Å². The number of hydrogen-bond donors (Lipinski definition) is 3. The maximum Gasteiger partial charge on any atom is 0.251 e. The molecule has 0 aromatic carbocycles. The molecule has 3 atom stereocenters. The van der Waals surface area contributed by atoms with Crippen molar-refractivity contribution in [3.05, 3.63) is 0 Å². The Balaban J connectivity index is 4.03. The van der Waals surface area contributed by atoms with Crippen molar-refractivity contribution in [3.8, 4) is 0 Å². The summed E-state index contributed by atoms with van der Waals surface area (Å²) in [5, 5.41) is 30.7. The van der Waals surface area contributed by atoms with E-state index in [2.05, 4.69) is 13.8 Å². The first-order valence-electron chi connectivity index (χ1n) is 20.3. The summed E-state index contributed by atoms with van der Waals surface area (Å²) in [5.41, 5.74) is 0. The lowest BCUT2D eigenvalue weighted by molar-refractivity contribution is -0.142. The lowest BCUT2D eigenvalue weighted by atomic mass is 10.0. The molecule has 0 aliphatic heterocycles. The van der Waals surface area contributed by atoms with E-state index in [0.717, 1.165) is 32.1 Å². The van der Waals surface area contributed by atoms with Crippen molar-refractivity contribution in [3.63, 3.8) is 0 Å². The average Bonchev–Trinajstić information content (AvgIpc) is 3.06. The molecule has 46 heavy (non-hydrogen) atoms. The monoisotopic (exact) mass is 656 g/mol. The molecule has 0 bridgehead atoms. The molecule has 1 amide bonds. The van der Waals surface area contributed by atoms with Crippen LogP contribution in [0, 0.1) is 5.92 Å². The molecule has 0 fully saturated rings. The van der Waals surface area contributed by atoms with Crippen LogP contribution in [0.15, 0.2) is 0 Å². The van der Waals surface area contributed by atoms with E-state index in [1.54, 1.807) is 4.90 Å². The molecule has 3 unspecified atom stereocenters. The van der Waals surface area contributed by atoms with E-state index >= 15 is 0 Å². The Labute approximate surface area is 286 Å². The van der Waals surface area contributed by atoms with Gasteiger partial charge in [-0.3, -0.25) is 4.79 Å². The summed E-state index contributed by atoms with van der Waals surface area (Å²) in [5.74, 6) is -0.239. The van der Waals surface area contributed by atoms with Crippen molar-refractivity contribution in [2.75, 3.05) is 32.9 Å². The predicted octanol–water partition coefficient (Wildman–Crippen LogP) is 10.1. The van der Waals surface area contributed by atoms with Crippen molar-refractivity contribution in [1.29, 1.82) is 0 Å². The van der Waals surface area contributed by atoms with Crippen LogP contribution in [0.2, 0.25) is 0 Å². The number of aliphatic hydroxyl groups is 3. The normalized spacial score (nSPS) is 13.6. The Hall–Kier alpha value is -0.690. The van der Waals surface area contributed by atoms with Crippen LogP contribution in [0.25, 0.3) is 0 Å². The van der Waals surface area contributed by atoms with E-state index in [1.807, 2.05) is 6.92 Å². The van der Waals surface area contributed by atoms with E-state index in [-0.39, 0.29) is 31.6 Å². The summed E-state index contributed by atoms with van der Waals surface area (Å²) in [6.07, 6.45) is 32.8. The summed E-state index contributed by atoms with van der Waals surface area (Å²) in [6.45, 7) is 7.95. The topological polar surface area (TPSA) is 90.2 Å². The third-order valence-corrected chi connectivity index (χ3v) is 9.51. The minimum absolute atomic E-state index is 0.0638. The molecule has 0 heterocycles. The maximum absolute atomic E-state index is 13.1. The van der Waals surface area contributed by atoms with Gasteiger partial charge in [0.2, 0.25) is 0 Å². The molecule has 6 heteroatoms. The number of aliphatic hydroxyl groups excluding tert-OH is 3. The largest absolute Gasteiger partial charge is 0.396 e. The van der Waals surface area contributed by atoms with E-state index in [1.165, 1.54) is 135 Å². The van der Waals surface area contributed by atoms with Crippen LogP contribution in [0.4, 0.5) is 0 Å². The number of rotatable bonds is 37. The smallest absolute Gasteiger partial charge is 0.251 e. The lowest BCUT2D eigenvalue weighted by Crippen LogP contribution is -2.45. The van der Waals surface area contributed by atoms with Crippen LogP contribution < -0.4 is 0 Å². The van der Waals surface area contributed by atoms with Crippen LogP contribution in [0.1, 0.15) is 201 Å². The Morgan fingerprint density at radius 1 is 0.587 bits per heavy atom. The summed E-state index contributed by atoms with van der Waals surface area (Å²) >= 11 is 0. The minimum Gasteiger partial charge on any atom is -0.396 e. The molecule has 0 saturated heterocycles. The first kappa shape index (κ1) is 45.3. The molecule has 0 radical (unpaired) electrons. The van der Waals surface area contributed by atoms with E-state index in [9.17, 15) is 20.1 Å². The molecule has 276 valence electrons. The highest BCUT2D eigenvalue weighted by Crippen LogP contribution is 2.16. The van der Waals surface area contributed by atoms with Crippen molar-refractivity contribution in [2.45, 2.75) is 213 Å². The summed E-state index contributed by atoms with van der Waals surface area (Å²) in [6, 6.07) is 0. The fraction of sp³-hybridized carbons (Fsp3) is 0.975. The number of carbonyl (C=O) groups is 1. The van der Waals surface area contributed by atoms with Crippen LogP contribution >= 0.6 is 0 Å². The maximum atomic E-state index is 13.1. The minimum atomic E-state index is -1.03. The van der Waals surface area contributed by atoms with Gasteiger partial charge in [-0.1, -0.05) is 181 Å². The molecule has 0 saturated carbocycles. The molecule has 0 aliphatic carbocycles. The molecular weight excluding hydrogens is 574 g/mol. The molecule has 0 aliphatic rings. The highest BCUT2D eigenvalue weighted by molar-refractivity contribution is 5.80. The second-order valence-electron chi connectivity index (χ2n) is 14.4. The van der Waals surface area contributed by atoms with Crippen LogP contribution in [-0.2, 0) is 9.53 Å². The van der Waals surface area contributed by atoms with Crippen molar-refractivity contribution in [1.82, 2.24) is 4.90 Å². The van der Waals surface area contributed by atoms with Crippen LogP contribution in [-0.4, -0.2) is 71.2 Å². The first-order chi connectivity index (χ1) is 22.5. The third kappa shape index (κ3) is 30.6. The van der Waals surface area contributed by atoms with Crippen molar-refractivity contribution < 1.29 is 24.9 Å².